The minimum absolute atomic E-state index is 0. The van der Waals surface area contributed by atoms with Crippen molar-refractivity contribution in [1.82, 2.24) is 4.90 Å². The summed E-state index contributed by atoms with van der Waals surface area (Å²) in [6.07, 6.45) is 4.78. The van der Waals surface area contributed by atoms with Crippen molar-refractivity contribution in [2.45, 2.75) is 25.7 Å². The van der Waals surface area contributed by atoms with Gasteiger partial charge in [-0.3, -0.25) is 4.90 Å². The summed E-state index contributed by atoms with van der Waals surface area (Å²) in [5, 5.41) is 0. The maximum atomic E-state index is 6.30. The highest BCUT2D eigenvalue weighted by atomic mass is 35.5. The maximum Gasteiger partial charge on any atom is 0.0653 e. The average Bonchev–Trinajstić information content (AvgIpc) is 2.57. The zero-order valence-corrected chi connectivity index (χ0v) is 18.3. The van der Waals surface area contributed by atoms with E-state index < -0.39 is 0 Å². The van der Waals surface area contributed by atoms with Gasteiger partial charge in [0.25, 0.3) is 0 Å². The molecule has 4 N–H and O–H groups in total. The number of nitrogens with two attached hydrogens (primary N) is 2. The zero-order chi connectivity index (χ0) is 15.4. The third-order valence-electron chi connectivity index (χ3n) is 4.80. The lowest BCUT2D eigenvalue weighted by atomic mass is 10.0. The molecule has 0 unspecified atom stereocenters. The Morgan fingerprint density at radius 3 is 2.00 bits per heavy atom. The fourth-order valence-corrected chi connectivity index (χ4v) is 3.52. The molecule has 0 atom stereocenters. The van der Waals surface area contributed by atoms with Gasteiger partial charge in [0.15, 0.2) is 0 Å². The number of piperidine rings is 1. The van der Waals surface area contributed by atoms with E-state index in [1.54, 1.807) is 0 Å². The minimum atomic E-state index is 0. The number of morpholine rings is 1. The van der Waals surface area contributed by atoms with E-state index in [0.29, 0.717) is 0 Å². The molecule has 1 aromatic carbocycles. The van der Waals surface area contributed by atoms with Gasteiger partial charge in [-0.25, -0.2) is 0 Å². The molecule has 154 valence electrons. The summed E-state index contributed by atoms with van der Waals surface area (Å²) in [6, 6.07) is 3.91. The quantitative estimate of drug-likeness (QED) is 0.689. The highest BCUT2D eigenvalue weighted by Crippen LogP contribution is 2.34. The van der Waals surface area contributed by atoms with Crippen LogP contribution in [0.1, 0.15) is 24.8 Å². The molecule has 2 saturated heterocycles. The SMILES string of the molecule is Cl.Cl.Cl.Cl.Nc1ccc(N)c(N2CCCCC2)c1CCN1CCOCC1. The maximum absolute atomic E-state index is 6.30. The molecule has 0 amide bonds. The first-order valence-electron chi connectivity index (χ1n) is 8.47. The highest BCUT2D eigenvalue weighted by molar-refractivity contribution is 5.86. The van der Waals surface area contributed by atoms with Gasteiger partial charge in [-0.05, 0) is 37.8 Å². The number of benzene rings is 1. The molecule has 2 aliphatic rings. The topological polar surface area (TPSA) is 67.8 Å². The molecule has 2 aliphatic heterocycles. The molecule has 1 aromatic rings. The zero-order valence-electron chi connectivity index (χ0n) is 15.0. The smallest absolute Gasteiger partial charge is 0.0653 e. The second-order valence-corrected chi connectivity index (χ2v) is 6.32. The van der Waals surface area contributed by atoms with Crippen LogP contribution in [0.15, 0.2) is 12.1 Å². The lowest BCUT2D eigenvalue weighted by Crippen LogP contribution is -2.38. The number of nitrogens with zero attached hydrogens (tertiary/aromatic N) is 2. The van der Waals surface area contributed by atoms with Crippen molar-refractivity contribution in [1.29, 1.82) is 0 Å². The Morgan fingerprint density at radius 1 is 0.808 bits per heavy atom. The number of rotatable bonds is 4. The van der Waals surface area contributed by atoms with E-state index in [0.717, 1.165) is 63.7 Å². The number of hydrogen-bond donors (Lipinski definition) is 2. The van der Waals surface area contributed by atoms with Crippen LogP contribution in [0.2, 0.25) is 0 Å². The fraction of sp³-hybridized carbons (Fsp3) is 0.647. The van der Waals surface area contributed by atoms with Crippen LogP contribution in [0, 0.1) is 0 Å². The van der Waals surface area contributed by atoms with Gasteiger partial charge >= 0.3 is 0 Å². The standard InChI is InChI=1S/C17H28N4O.4ClH/c18-15-4-5-16(19)17(21-7-2-1-3-8-21)14(15)6-9-20-10-12-22-13-11-20;;;;/h4-5H,1-3,6-13,18-19H2;4*1H. The predicted molar refractivity (Wildman–Crippen MR) is 121 cm³/mol. The van der Waals surface area contributed by atoms with Crippen molar-refractivity contribution in [3.05, 3.63) is 17.7 Å². The first-order chi connectivity index (χ1) is 10.8. The van der Waals surface area contributed by atoms with Crippen LogP contribution in [0.3, 0.4) is 0 Å². The minimum Gasteiger partial charge on any atom is -0.398 e. The molecular weight excluding hydrogens is 418 g/mol. The molecule has 2 fully saturated rings. The van der Waals surface area contributed by atoms with Crippen molar-refractivity contribution in [2.75, 3.05) is 62.3 Å². The van der Waals surface area contributed by atoms with Crippen molar-refractivity contribution in [3.63, 3.8) is 0 Å². The fourth-order valence-electron chi connectivity index (χ4n) is 3.52. The summed E-state index contributed by atoms with van der Waals surface area (Å²) < 4.78 is 5.42. The molecule has 9 heteroatoms. The van der Waals surface area contributed by atoms with E-state index in [1.165, 1.54) is 30.5 Å². The molecule has 0 radical (unpaired) electrons. The van der Waals surface area contributed by atoms with Gasteiger partial charge in [-0.2, -0.15) is 0 Å². The van der Waals surface area contributed by atoms with Crippen molar-refractivity contribution >= 4 is 66.7 Å². The van der Waals surface area contributed by atoms with E-state index in [-0.39, 0.29) is 49.6 Å². The Bertz CT molecular complexity index is 510. The molecule has 0 saturated carbocycles. The Labute approximate surface area is 181 Å². The Hall–Kier alpha value is -0.300. The van der Waals surface area contributed by atoms with Gasteiger partial charge in [0.1, 0.15) is 0 Å². The average molecular weight is 450 g/mol. The molecular formula is C17H32Cl4N4O. The second kappa shape index (κ2) is 13.8. The number of ether oxygens (including phenoxy) is 1. The Kier molecular flexibility index (Phi) is 14.8. The van der Waals surface area contributed by atoms with Crippen molar-refractivity contribution in [3.8, 4) is 0 Å². The monoisotopic (exact) mass is 448 g/mol. The Morgan fingerprint density at radius 2 is 1.38 bits per heavy atom. The predicted octanol–water partition coefficient (Wildman–Crippen LogP) is 3.40. The van der Waals surface area contributed by atoms with E-state index >= 15 is 0 Å². The summed E-state index contributed by atoms with van der Waals surface area (Å²) in [5.74, 6) is 0. The van der Waals surface area contributed by atoms with Gasteiger partial charge in [0, 0.05) is 44.0 Å². The number of halogens is 4. The normalized spacial score (nSPS) is 17.2. The molecule has 26 heavy (non-hydrogen) atoms. The van der Waals surface area contributed by atoms with E-state index in [1.807, 2.05) is 12.1 Å². The van der Waals surface area contributed by atoms with Crippen LogP contribution in [0.25, 0.3) is 0 Å². The highest BCUT2D eigenvalue weighted by Gasteiger charge is 2.20. The number of hydrogen-bond acceptors (Lipinski definition) is 5. The summed E-state index contributed by atoms with van der Waals surface area (Å²) in [5.41, 5.74) is 16.8. The van der Waals surface area contributed by atoms with E-state index in [9.17, 15) is 0 Å². The molecule has 0 spiro atoms. The molecule has 5 nitrogen and oxygen atoms in total. The Balaban J connectivity index is 0. The first kappa shape index (κ1) is 27.9. The van der Waals surface area contributed by atoms with Crippen molar-refractivity contribution < 1.29 is 4.74 Å². The summed E-state index contributed by atoms with van der Waals surface area (Å²) in [4.78, 5) is 4.88. The van der Waals surface area contributed by atoms with Crippen LogP contribution in [0.4, 0.5) is 17.1 Å². The van der Waals surface area contributed by atoms with Crippen LogP contribution < -0.4 is 16.4 Å². The largest absolute Gasteiger partial charge is 0.398 e. The van der Waals surface area contributed by atoms with Gasteiger partial charge in [0.05, 0.1) is 24.6 Å². The number of nitrogen functional groups attached to an aromatic ring is 2. The first-order valence-corrected chi connectivity index (χ1v) is 8.47. The number of anilines is 3. The van der Waals surface area contributed by atoms with Crippen LogP contribution in [-0.4, -0.2) is 50.8 Å². The van der Waals surface area contributed by atoms with Gasteiger partial charge in [-0.15, -0.1) is 49.6 Å². The third-order valence-corrected chi connectivity index (χ3v) is 4.80. The van der Waals surface area contributed by atoms with Crippen LogP contribution in [0.5, 0.6) is 0 Å². The summed E-state index contributed by atoms with van der Waals surface area (Å²) >= 11 is 0. The molecule has 0 aromatic heterocycles. The van der Waals surface area contributed by atoms with E-state index in [4.69, 9.17) is 16.2 Å². The summed E-state index contributed by atoms with van der Waals surface area (Å²) in [6.45, 7) is 6.92. The molecule has 3 rings (SSSR count). The lowest BCUT2D eigenvalue weighted by Gasteiger charge is -2.33. The van der Waals surface area contributed by atoms with Crippen LogP contribution >= 0.6 is 49.6 Å². The second-order valence-electron chi connectivity index (χ2n) is 6.32. The molecule has 2 heterocycles. The molecule has 0 bridgehead atoms. The summed E-state index contributed by atoms with van der Waals surface area (Å²) in [7, 11) is 0. The van der Waals surface area contributed by atoms with Gasteiger partial charge in [-0.1, -0.05) is 0 Å². The van der Waals surface area contributed by atoms with Gasteiger partial charge < -0.3 is 21.1 Å². The van der Waals surface area contributed by atoms with Crippen LogP contribution in [-0.2, 0) is 11.2 Å². The molecule has 0 aliphatic carbocycles. The van der Waals surface area contributed by atoms with Gasteiger partial charge in [0.2, 0.25) is 0 Å². The van der Waals surface area contributed by atoms with E-state index in [2.05, 4.69) is 9.80 Å². The van der Waals surface area contributed by atoms with Crippen molar-refractivity contribution in [2.24, 2.45) is 0 Å². The lowest BCUT2D eigenvalue weighted by molar-refractivity contribution is 0.0385. The third kappa shape index (κ3) is 7.02.